The Morgan fingerprint density at radius 3 is 2.85 bits per heavy atom. The number of rotatable bonds is 4. The second-order valence-corrected chi connectivity index (χ2v) is 3.94. The van der Waals surface area contributed by atoms with Crippen molar-refractivity contribution in [3.05, 3.63) is 16.4 Å². The standard InChI is InChI=1S/C9H16BrN3/c1-3-5-8(11)9-7(10)6-12-13(9)4-2/h6,8H,3-5,11H2,1-2H3. The minimum Gasteiger partial charge on any atom is -0.323 e. The van der Waals surface area contributed by atoms with Crippen LogP contribution in [0.3, 0.4) is 0 Å². The molecule has 1 aromatic rings. The molecule has 0 amide bonds. The van der Waals surface area contributed by atoms with Crippen LogP contribution in [-0.4, -0.2) is 9.78 Å². The van der Waals surface area contributed by atoms with Crippen LogP contribution in [0.5, 0.6) is 0 Å². The predicted molar refractivity (Wildman–Crippen MR) is 57.4 cm³/mol. The van der Waals surface area contributed by atoms with Crippen LogP contribution < -0.4 is 5.73 Å². The third-order valence-corrected chi connectivity index (χ3v) is 2.69. The Bertz CT molecular complexity index is 270. The fourth-order valence-electron chi connectivity index (χ4n) is 1.44. The van der Waals surface area contributed by atoms with Crippen molar-refractivity contribution in [2.45, 2.75) is 39.3 Å². The average molecular weight is 246 g/mol. The number of hydrogen-bond acceptors (Lipinski definition) is 2. The Kier molecular flexibility index (Phi) is 3.93. The molecule has 1 aromatic heterocycles. The third kappa shape index (κ3) is 2.31. The summed E-state index contributed by atoms with van der Waals surface area (Å²) in [4.78, 5) is 0. The van der Waals surface area contributed by atoms with Gasteiger partial charge < -0.3 is 5.73 Å². The number of halogens is 1. The van der Waals surface area contributed by atoms with Crippen LogP contribution in [0.4, 0.5) is 0 Å². The van der Waals surface area contributed by atoms with Crippen molar-refractivity contribution < 1.29 is 0 Å². The van der Waals surface area contributed by atoms with Gasteiger partial charge in [0.15, 0.2) is 0 Å². The highest BCUT2D eigenvalue weighted by Crippen LogP contribution is 2.24. The fraction of sp³-hybridized carbons (Fsp3) is 0.667. The molecule has 1 unspecified atom stereocenters. The molecule has 13 heavy (non-hydrogen) atoms. The van der Waals surface area contributed by atoms with Crippen LogP contribution in [0.15, 0.2) is 10.7 Å². The second-order valence-electron chi connectivity index (χ2n) is 3.09. The van der Waals surface area contributed by atoms with E-state index in [-0.39, 0.29) is 6.04 Å². The first-order valence-corrected chi connectivity index (χ1v) is 5.46. The smallest absolute Gasteiger partial charge is 0.0693 e. The van der Waals surface area contributed by atoms with E-state index in [0.717, 1.165) is 29.6 Å². The molecule has 1 atom stereocenters. The van der Waals surface area contributed by atoms with Gasteiger partial charge in [-0.2, -0.15) is 5.10 Å². The first-order chi connectivity index (χ1) is 6.20. The van der Waals surface area contributed by atoms with Crippen LogP contribution in [0.25, 0.3) is 0 Å². The summed E-state index contributed by atoms with van der Waals surface area (Å²) in [6.45, 7) is 5.08. The van der Waals surface area contributed by atoms with Crippen molar-refractivity contribution in [1.82, 2.24) is 9.78 Å². The molecule has 2 N–H and O–H groups in total. The molecule has 0 saturated heterocycles. The zero-order valence-electron chi connectivity index (χ0n) is 8.13. The van der Waals surface area contributed by atoms with Gasteiger partial charge in [0.1, 0.15) is 0 Å². The molecule has 0 aromatic carbocycles. The number of hydrogen-bond donors (Lipinski definition) is 1. The molecule has 4 heteroatoms. The van der Waals surface area contributed by atoms with Gasteiger partial charge in [-0.1, -0.05) is 13.3 Å². The Hall–Kier alpha value is -0.350. The molecule has 0 aliphatic carbocycles. The number of aromatic nitrogens is 2. The van der Waals surface area contributed by atoms with E-state index in [0.29, 0.717) is 0 Å². The summed E-state index contributed by atoms with van der Waals surface area (Å²) in [5.41, 5.74) is 7.15. The molecule has 0 fully saturated rings. The Balaban J connectivity index is 2.89. The van der Waals surface area contributed by atoms with Gasteiger partial charge in [-0.25, -0.2) is 0 Å². The third-order valence-electron chi connectivity index (χ3n) is 2.08. The lowest BCUT2D eigenvalue weighted by Gasteiger charge is -2.12. The maximum Gasteiger partial charge on any atom is 0.0693 e. The molecule has 0 spiro atoms. The summed E-state index contributed by atoms with van der Waals surface area (Å²) in [5.74, 6) is 0. The van der Waals surface area contributed by atoms with E-state index in [2.05, 4.69) is 34.9 Å². The normalized spacial score (nSPS) is 13.2. The molecule has 0 saturated carbocycles. The van der Waals surface area contributed by atoms with Gasteiger partial charge in [0.05, 0.1) is 16.4 Å². The van der Waals surface area contributed by atoms with Crippen molar-refractivity contribution in [2.75, 3.05) is 0 Å². The SMILES string of the molecule is CCCC(N)c1c(Br)cnn1CC. The van der Waals surface area contributed by atoms with Crippen molar-refractivity contribution >= 4 is 15.9 Å². The molecule has 1 heterocycles. The molecule has 74 valence electrons. The zero-order chi connectivity index (χ0) is 9.84. The van der Waals surface area contributed by atoms with Crippen molar-refractivity contribution in [3.63, 3.8) is 0 Å². The van der Waals surface area contributed by atoms with Gasteiger partial charge in [-0.15, -0.1) is 0 Å². The maximum absolute atomic E-state index is 6.04. The van der Waals surface area contributed by atoms with Crippen LogP contribution in [0, 0.1) is 0 Å². The molecule has 0 radical (unpaired) electrons. The molecule has 0 aliphatic rings. The quantitative estimate of drug-likeness (QED) is 0.886. The van der Waals surface area contributed by atoms with E-state index in [1.807, 2.05) is 10.9 Å². The van der Waals surface area contributed by atoms with Crippen LogP contribution >= 0.6 is 15.9 Å². The summed E-state index contributed by atoms with van der Waals surface area (Å²) in [6, 6.07) is 0.0989. The first-order valence-electron chi connectivity index (χ1n) is 4.67. The largest absolute Gasteiger partial charge is 0.323 e. The van der Waals surface area contributed by atoms with Crippen molar-refractivity contribution in [3.8, 4) is 0 Å². The summed E-state index contributed by atoms with van der Waals surface area (Å²) < 4.78 is 2.97. The highest BCUT2D eigenvalue weighted by molar-refractivity contribution is 9.10. The molecule has 3 nitrogen and oxygen atoms in total. The van der Waals surface area contributed by atoms with Gasteiger partial charge in [0.25, 0.3) is 0 Å². The highest BCUT2D eigenvalue weighted by atomic mass is 79.9. The number of nitrogens with zero attached hydrogens (tertiary/aromatic N) is 2. The maximum atomic E-state index is 6.04. The first kappa shape index (κ1) is 10.7. The Labute approximate surface area is 87.4 Å². The summed E-state index contributed by atoms with van der Waals surface area (Å²) >= 11 is 3.47. The minimum atomic E-state index is 0.0989. The zero-order valence-corrected chi connectivity index (χ0v) is 9.71. The summed E-state index contributed by atoms with van der Waals surface area (Å²) in [6.07, 6.45) is 3.92. The van der Waals surface area contributed by atoms with Gasteiger partial charge in [0, 0.05) is 12.6 Å². The van der Waals surface area contributed by atoms with E-state index >= 15 is 0 Å². The van der Waals surface area contributed by atoms with Gasteiger partial charge in [-0.05, 0) is 29.3 Å². The lowest BCUT2D eigenvalue weighted by atomic mass is 10.1. The summed E-state index contributed by atoms with van der Waals surface area (Å²) in [7, 11) is 0. The van der Waals surface area contributed by atoms with Crippen LogP contribution in [0.2, 0.25) is 0 Å². The lowest BCUT2D eigenvalue weighted by molar-refractivity contribution is 0.541. The van der Waals surface area contributed by atoms with E-state index < -0.39 is 0 Å². The molecule has 0 aliphatic heterocycles. The lowest BCUT2D eigenvalue weighted by Crippen LogP contribution is -2.16. The van der Waals surface area contributed by atoms with Gasteiger partial charge >= 0.3 is 0 Å². The molecular formula is C9H16BrN3. The van der Waals surface area contributed by atoms with Crippen LogP contribution in [0.1, 0.15) is 38.4 Å². The highest BCUT2D eigenvalue weighted by Gasteiger charge is 2.14. The Morgan fingerprint density at radius 1 is 1.62 bits per heavy atom. The molecular weight excluding hydrogens is 230 g/mol. The van der Waals surface area contributed by atoms with Crippen molar-refractivity contribution in [2.24, 2.45) is 5.73 Å². The van der Waals surface area contributed by atoms with E-state index in [1.165, 1.54) is 0 Å². The molecule has 0 bridgehead atoms. The number of aryl methyl sites for hydroxylation is 1. The van der Waals surface area contributed by atoms with Crippen molar-refractivity contribution in [1.29, 1.82) is 0 Å². The summed E-state index contributed by atoms with van der Waals surface area (Å²) in [5, 5.41) is 4.23. The van der Waals surface area contributed by atoms with Gasteiger partial charge in [0.2, 0.25) is 0 Å². The second kappa shape index (κ2) is 4.77. The minimum absolute atomic E-state index is 0.0989. The monoisotopic (exact) mass is 245 g/mol. The predicted octanol–water partition coefficient (Wildman–Crippen LogP) is 2.47. The Morgan fingerprint density at radius 2 is 2.31 bits per heavy atom. The van der Waals surface area contributed by atoms with Crippen LogP contribution in [-0.2, 0) is 6.54 Å². The average Bonchev–Trinajstić information content (AvgIpc) is 2.47. The van der Waals surface area contributed by atoms with E-state index in [9.17, 15) is 0 Å². The molecule has 1 rings (SSSR count). The van der Waals surface area contributed by atoms with E-state index in [4.69, 9.17) is 5.73 Å². The number of nitrogens with two attached hydrogens (primary N) is 1. The fourth-order valence-corrected chi connectivity index (χ4v) is 2.03. The topological polar surface area (TPSA) is 43.8 Å². The van der Waals surface area contributed by atoms with Gasteiger partial charge in [-0.3, -0.25) is 4.68 Å². The van der Waals surface area contributed by atoms with E-state index in [1.54, 1.807) is 0 Å².